The first-order valence-corrected chi connectivity index (χ1v) is 9.48. The minimum atomic E-state index is -1.05. The summed E-state index contributed by atoms with van der Waals surface area (Å²) >= 11 is 0. The molecular formula is C19H23FN4O4. The molecule has 4 amide bonds. The van der Waals surface area contributed by atoms with E-state index in [2.05, 4.69) is 10.6 Å². The molecule has 2 saturated heterocycles. The number of anilines is 1. The molecule has 1 unspecified atom stereocenters. The Labute approximate surface area is 162 Å². The van der Waals surface area contributed by atoms with Gasteiger partial charge < -0.3 is 10.2 Å². The highest BCUT2D eigenvalue weighted by atomic mass is 19.1. The van der Waals surface area contributed by atoms with Gasteiger partial charge in [0.25, 0.3) is 11.8 Å². The van der Waals surface area contributed by atoms with Crippen molar-refractivity contribution in [1.29, 1.82) is 0 Å². The number of nitrogens with zero attached hydrogens (tertiary/aromatic N) is 2. The van der Waals surface area contributed by atoms with E-state index in [1.54, 1.807) is 0 Å². The topological polar surface area (TPSA) is 98.8 Å². The molecule has 4 rings (SSSR count). The lowest BCUT2D eigenvalue weighted by Crippen LogP contribution is -2.54. The maximum atomic E-state index is 14.6. The van der Waals surface area contributed by atoms with Crippen molar-refractivity contribution in [1.82, 2.24) is 15.5 Å². The summed E-state index contributed by atoms with van der Waals surface area (Å²) in [5, 5.41) is 5.30. The predicted molar refractivity (Wildman–Crippen MR) is 99.5 cm³/mol. The minimum absolute atomic E-state index is 0.0453. The lowest BCUT2D eigenvalue weighted by Gasteiger charge is -2.30. The van der Waals surface area contributed by atoms with Crippen LogP contribution in [0.5, 0.6) is 0 Å². The number of piperazine rings is 1. The third kappa shape index (κ3) is 3.37. The first kappa shape index (κ1) is 19.9. The second kappa shape index (κ2) is 8.05. The molecule has 3 aliphatic heterocycles. The first-order valence-electron chi connectivity index (χ1n) is 9.48. The number of hydrogen-bond acceptors (Lipinski definition) is 6. The van der Waals surface area contributed by atoms with Crippen LogP contribution in [0.25, 0.3) is 0 Å². The molecule has 28 heavy (non-hydrogen) atoms. The SMILES string of the molecule is CC.O=C1CCC(N2C(=O)c3cc(F)c(N4CCNCC4)cc3C2=O)C(=O)N1. The van der Waals surface area contributed by atoms with E-state index in [0.717, 1.165) is 11.0 Å². The Morgan fingerprint density at radius 3 is 2.21 bits per heavy atom. The Morgan fingerprint density at radius 1 is 1.00 bits per heavy atom. The Hall–Kier alpha value is -2.81. The smallest absolute Gasteiger partial charge is 0.262 e. The van der Waals surface area contributed by atoms with Crippen molar-refractivity contribution in [2.24, 2.45) is 0 Å². The third-order valence-electron chi connectivity index (χ3n) is 4.96. The Kier molecular flexibility index (Phi) is 5.73. The molecule has 8 nitrogen and oxygen atoms in total. The number of hydrogen-bond donors (Lipinski definition) is 2. The zero-order chi connectivity index (χ0) is 20.4. The summed E-state index contributed by atoms with van der Waals surface area (Å²) in [5.74, 6) is -3.02. The second-order valence-corrected chi connectivity index (χ2v) is 6.53. The van der Waals surface area contributed by atoms with Crippen molar-refractivity contribution in [3.63, 3.8) is 0 Å². The fraction of sp³-hybridized carbons (Fsp3) is 0.474. The zero-order valence-corrected chi connectivity index (χ0v) is 15.9. The molecule has 0 bridgehead atoms. The van der Waals surface area contributed by atoms with Crippen molar-refractivity contribution in [3.05, 3.63) is 29.1 Å². The van der Waals surface area contributed by atoms with Crippen molar-refractivity contribution in [2.45, 2.75) is 32.7 Å². The van der Waals surface area contributed by atoms with Gasteiger partial charge in [0.1, 0.15) is 11.9 Å². The normalized spacial score (nSPS) is 21.9. The van der Waals surface area contributed by atoms with Gasteiger partial charge in [-0.15, -0.1) is 0 Å². The molecule has 150 valence electrons. The van der Waals surface area contributed by atoms with Gasteiger partial charge in [-0.3, -0.25) is 29.4 Å². The van der Waals surface area contributed by atoms with Gasteiger partial charge in [-0.25, -0.2) is 4.39 Å². The van der Waals surface area contributed by atoms with Crippen LogP contribution in [-0.4, -0.2) is 60.7 Å². The molecule has 3 aliphatic rings. The minimum Gasteiger partial charge on any atom is -0.367 e. The number of piperidine rings is 1. The van der Waals surface area contributed by atoms with E-state index in [1.807, 2.05) is 18.7 Å². The number of halogens is 1. The van der Waals surface area contributed by atoms with E-state index in [-0.39, 0.29) is 29.7 Å². The zero-order valence-electron chi connectivity index (χ0n) is 15.9. The molecule has 3 heterocycles. The lowest BCUT2D eigenvalue weighted by atomic mass is 10.0. The highest BCUT2D eigenvalue weighted by Gasteiger charge is 2.45. The standard InChI is InChI=1S/C17H17FN4O4.C2H6/c18-11-7-9-10(8-13(11)21-5-3-19-4-6-21)17(26)22(16(9)25)12-1-2-14(23)20-15(12)24;1-2/h7-8,12,19H,1-6H2,(H,20,23,24);1-2H3. The fourth-order valence-corrected chi connectivity index (χ4v) is 3.63. The van der Waals surface area contributed by atoms with Crippen LogP contribution < -0.4 is 15.5 Å². The largest absolute Gasteiger partial charge is 0.367 e. The van der Waals surface area contributed by atoms with Crippen LogP contribution in [0.3, 0.4) is 0 Å². The predicted octanol–water partition coefficient (Wildman–Crippen LogP) is 0.663. The maximum absolute atomic E-state index is 14.6. The first-order chi connectivity index (χ1) is 13.5. The molecule has 0 aromatic heterocycles. The van der Waals surface area contributed by atoms with Gasteiger partial charge in [-0.1, -0.05) is 13.8 Å². The number of benzene rings is 1. The quantitative estimate of drug-likeness (QED) is 0.720. The molecule has 9 heteroatoms. The number of amides is 4. The van der Waals surface area contributed by atoms with Gasteiger partial charge in [-0.2, -0.15) is 0 Å². The van der Waals surface area contributed by atoms with Crippen molar-refractivity contribution in [2.75, 3.05) is 31.1 Å². The van der Waals surface area contributed by atoms with Crippen LogP contribution in [0.1, 0.15) is 47.4 Å². The summed E-state index contributed by atoms with van der Waals surface area (Å²) in [4.78, 5) is 51.4. The van der Waals surface area contributed by atoms with E-state index >= 15 is 0 Å². The van der Waals surface area contributed by atoms with Crippen LogP contribution in [0, 0.1) is 5.82 Å². The fourth-order valence-electron chi connectivity index (χ4n) is 3.63. The molecule has 0 radical (unpaired) electrons. The molecule has 0 spiro atoms. The number of imide groups is 2. The van der Waals surface area contributed by atoms with Crippen molar-refractivity contribution >= 4 is 29.3 Å². The van der Waals surface area contributed by atoms with Crippen molar-refractivity contribution in [3.8, 4) is 0 Å². The van der Waals surface area contributed by atoms with Gasteiger partial charge in [0.05, 0.1) is 16.8 Å². The lowest BCUT2D eigenvalue weighted by molar-refractivity contribution is -0.136. The summed E-state index contributed by atoms with van der Waals surface area (Å²) in [6.45, 7) is 6.58. The molecule has 1 aromatic carbocycles. The molecule has 1 atom stereocenters. The Balaban J connectivity index is 0.00000109. The monoisotopic (exact) mass is 390 g/mol. The van der Waals surface area contributed by atoms with Crippen LogP contribution in [0.2, 0.25) is 0 Å². The number of carbonyl (C=O) groups is 4. The second-order valence-electron chi connectivity index (χ2n) is 6.53. The Bertz CT molecular complexity index is 835. The van der Waals surface area contributed by atoms with Crippen LogP contribution in [-0.2, 0) is 9.59 Å². The Morgan fingerprint density at radius 2 is 1.61 bits per heavy atom. The van der Waals surface area contributed by atoms with Crippen molar-refractivity contribution < 1.29 is 23.6 Å². The molecule has 2 N–H and O–H groups in total. The maximum Gasteiger partial charge on any atom is 0.262 e. The van der Waals surface area contributed by atoms with E-state index < -0.39 is 35.5 Å². The van der Waals surface area contributed by atoms with Gasteiger partial charge in [-0.05, 0) is 18.6 Å². The van der Waals surface area contributed by atoms with Gasteiger partial charge in [0.2, 0.25) is 11.8 Å². The van der Waals surface area contributed by atoms with Gasteiger partial charge in [0, 0.05) is 32.6 Å². The summed E-state index contributed by atoms with van der Waals surface area (Å²) in [5.41, 5.74) is 0.322. The summed E-state index contributed by atoms with van der Waals surface area (Å²) < 4.78 is 14.6. The van der Waals surface area contributed by atoms with E-state index in [9.17, 15) is 23.6 Å². The van der Waals surface area contributed by atoms with Crippen LogP contribution >= 0.6 is 0 Å². The van der Waals surface area contributed by atoms with Crippen LogP contribution in [0.4, 0.5) is 10.1 Å². The van der Waals surface area contributed by atoms with E-state index in [0.29, 0.717) is 26.2 Å². The average Bonchev–Trinajstić information content (AvgIpc) is 2.94. The van der Waals surface area contributed by atoms with Gasteiger partial charge in [0.15, 0.2) is 0 Å². The highest BCUT2D eigenvalue weighted by Crippen LogP contribution is 2.32. The number of rotatable bonds is 2. The summed E-state index contributed by atoms with van der Waals surface area (Å²) in [6, 6.07) is 1.41. The molecular weight excluding hydrogens is 367 g/mol. The molecule has 1 aromatic rings. The van der Waals surface area contributed by atoms with Gasteiger partial charge >= 0.3 is 0 Å². The van der Waals surface area contributed by atoms with E-state index in [4.69, 9.17) is 0 Å². The number of nitrogens with one attached hydrogen (secondary N) is 2. The number of carbonyl (C=O) groups excluding carboxylic acids is 4. The summed E-state index contributed by atoms with van der Waals surface area (Å²) in [7, 11) is 0. The summed E-state index contributed by atoms with van der Waals surface area (Å²) in [6.07, 6.45) is 0.119. The molecule has 0 saturated carbocycles. The third-order valence-corrected chi connectivity index (χ3v) is 4.96. The van der Waals surface area contributed by atoms with E-state index in [1.165, 1.54) is 6.07 Å². The number of fused-ring (bicyclic) bond motifs is 1. The molecule has 0 aliphatic carbocycles. The highest BCUT2D eigenvalue weighted by molar-refractivity contribution is 6.23. The average molecular weight is 390 g/mol. The molecule has 2 fully saturated rings. The van der Waals surface area contributed by atoms with Crippen LogP contribution in [0.15, 0.2) is 12.1 Å².